The van der Waals surface area contributed by atoms with E-state index in [-0.39, 0.29) is 16.7 Å². The molecule has 0 radical (unpaired) electrons. The Hall–Kier alpha value is -2.11. The number of nitrogens with zero attached hydrogens (tertiary/aromatic N) is 1. The largest absolute Gasteiger partial charge is 0.477 e. The van der Waals surface area contributed by atoms with Crippen LogP contribution in [0, 0.1) is 15.5 Å². The number of anilines is 1. The van der Waals surface area contributed by atoms with Gasteiger partial charge < -0.3 is 10.4 Å². The lowest BCUT2D eigenvalue weighted by Crippen LogP contribution is -2.28. The third kappa shape index (κ3) is 3.71. The minimum Gasteiger partial charge on any atom is -0.477 e. The summed E-state index contributed by atoms with van der Waals surface area (Å²) >= 11 is 0. The first-order chi connectivity index (χ1) is 9.91. The maximum atomic E-state index is 11.1. The number of carbonyl (C=O) groups is 1. The van der Waals surface area contributed by atoms with Crippen molar-refractivity contribution < 1.29 is 14.8 Å². The van der Waals surface area contributed by atoms with Gasteiger partial charge in [-0.2, -0.15) is 0 Å². The number of carboxylic acids is 1. The van der Waals surface area contributed by atoms with Crippen LogP contribution in [0.3, 0.4) is 0 Å². The summed E-state index contributed by atoms with van der Waals surface area (Å²) in [6.07, 6.45) is 6.02. The molecule has 0 aliphatic heterocycles. The molecule has 1 saturated carbocycles. The van der Waals surface area contributed by atoms with Gasteiger partial charge in [0.05, 0.1) is 4.92 Å². The van der Waals surface area contributed by atoms with Crippen molar-refractivity contribution in [1.29, 1.82) is 0 Å². The molecular formula is C15H20N2O4. The molecule has 6 nitrogen and oxygen atoms in total. The Labute approximate surface area is 123 Å². The van der Waals surface area contributed by atoms with Crippen LogP contribution in [0.5, 0.6) is 0 Å². The Morgan fingerprint density at radius 3 is 2.62 bits per heavy atom. The fourth-order valence-corrected chi connectivity index (χ4v) is 2.87. The molecule has 21 heavy (non-hydrogen) atoms. The van der Waals surface area contributed by atoms with Gasteiger partial charge >= 0.3 is 5.97 Å². The van der Waals surface area contributed by atoms with Gasteiger partial charge in [0, 0.05) is 18.3 Å². The lowest BCUT2D eigenvalue weighted by atomic mass is 9.76. The van der Waals surface area contributed by atoms with E-state index in [2.05, 4.69) is 12.2 Å². The molecule has 0 heterocycles. The molecule has 1 aromatic carbocycles. The van der Waals surface area contributed by atoms with Crippen LogP contribution < -0.4 is 5.32 Å². The van der Waals surface area contributed by atoms with E-state index in [4.69, 9.17) is 5.11 Å². The average Bonchev–Trinajstić information content (AvgIpc) is 2.45. The summed E-state index contributed by atoms with van der Waals surface area (Å²) in [5.74, 6) is -1.28. The fourth-order valence-electron chi connectivity index (χ4n) is 2.87. The topological polar surface area (TPSA) is 92.5 Å². The van der Waals surface area contributed by atoms with Gasteiger partial charge in [0.15, 0.2) is 0 Å². The summed E-state index contributed by atoms with van der Waals surface area (Å²) < 4.78 is 0. The van der Waals surface area contributed by atoms with Crippen molar-refractivity contribution in [3.05, 3.63) is 33.9 Å². The molecule has 1 aliphatic carbocycles. The molecule has 1 aromatic rings. The molecular weight excluding hydrogens is 272 g/mol. The van der Waals surface area contributed by atoms with Crippen molar-refractivity contribution in [1.82, 2.24) is 0 Å². The Kier molecular flexibility index (Phi) is 4.45. The highest BCUT2D eigenvalue weighted by molar-refractivity contribution is 5.93. The lowest BCUT2D eigenvalue weighted by Gasteiger charge is -2.34. The van der Waals surface area contributed by atoms with Crippen LogP contribution in [0.1, 0.15) is 49.4 Å². The van der Waals surface area contributed by atoms with E-state index in [1.165, 1.54) is 31.4 Å². The van der Waals surface area contributed by atoms with Gasteiger partial charge in [-0.1, -0.05) is 26.2 Å². The average molecular weight is 292 g/mol. The molecule has 114 valence electrons. The second-order valence-electron chi connectivity index (χ2n) is 6.02. The highest BCUT2D eigenvalue weighted by Crippen LogP contribution is 2.36. The minimum atomic E-state index is -1.28. The normalized spacial score (nSPS) is 17.2. The third-order valence-electron chi connectivity index (χ3n) is 4.20. The Morgan fingerprint density at radius 1 is 1.38 bits per heavy atom. The third-order valence-corrected chi connectivity index (χ3v) is 4.20. The van der Waals surface area contributed by atoms with Crippen LogP contribution in [0.4, 0.5) is 11.4 Å². The molecule has 0 saturated heterocycles. The number of hydrogen-bond donors (Lipinski definition) is 2. The van der Waals surface area contributed by atoms with Crippen LogP contribution >= 0.6 is 0 Å². The van der Waals surface area contributed by atoms with Gasteiger partial charge in [0.25, 0.3) is 5.69 Å². The van der Waals surface area contributed by atoms with E-state index >= 15 is 0 Å². The van der Waals surface area contributed by atoms with Gasteiger partial charge in [0.2, 0.25) is 0 Å². The standard InChI is InChI=1S/C15H20N2O4/c1-15(7-3-2-4-8-15)10-16-11-5-6-13(17(20)21)12(9-11)14(18)19/h5-6,9,16H,2-4,7-8,10H2,1H3,(H,18,19). The molecule has 0 unspecified atom stereocenters. The van der Waals surface area contributed by atoms with Gasteiger partial charge in [0.1, 0.15) is 5.56 Å². The Balaban J connectivity index is 2.12. The molecule has 2 rings (SSSR count). The zero-order chi connectivity index (χ0) is 15.5. The number of nitro groups is 1. The van der Waals surface area contributed by atoms with Gasteiger partial charge in [-0.3, -0.25) is 10.1 Å². The van der Waals surface area contributed by atoms with Crippen molar-refractivity contribution in [3.63, 3.8) is 0 Å². The van der Waals surface area contributed by atoms with Crippen LogP contribution in [0.15, 0.2) is 18.2 Å². The highest BCUT2D eigenvalue weighted by Gasteiger charge is 2.27. The van der Waals surface area contributed by atoms with E-state index < -0.39 is 10.9 Å². The van der Waals surface area contributed by atoms with Gasteiger partial charge in [-0.25, -0.2) is 4.79 Å². The lowest BCUT2D eigenvalue weighted by molar-refractivity contribution is -0.385. The maximum absolute atomic E-state index is 11.1. The number of carboxylic acid groups (broad SMARTS) is 1. The summed E-state index contributed by atoms with van der Waals surface area (Å²) in [6, 6.07) is 4.15. The summed E-state index contributed by atoms with van der Waals surface area (Å²) in [7, 11) is 0. The van der Waals surface area contributed by atoms with Crippen molar-refractivity contribution in [2.75, 3.05) is 11.9 Å². The summed E-state index contributed by atoms with van der Waals surface area (Å²) in [4.78, 5) is 21.3. The minimum absolute atomic E-state index is 0.212. The number of hydrogen-bond acceptors (Lipinski definition) is 4. The number of benzene rings is 1. The monoisotopic (exact) mass is 292 g/mol. The van der Waals surface area contributed by atoms with Crippen LogP contribution in [0.2, 0.25) is 0 Å². The van der Waals surface area contributed by atoms with Gasteiger partial charge in [-0.15, -0.1) is 0 Å². The summed E-state index contributed by atoms with van der Waals surface area (Å²) in [6.45, 7) is 2.98. The molecule has 0 atom stereocenters. The first kappa shape index (κ1) is 15.3. The number of rotatable bonds is 5. The van der Waals surface area contributed by atoms with E-state index in [1.54, 1.807) is 6.07 Å². The number of aromatic carboxylic acids is 1. The molecule has 6 heteroatoms. The molecule has 1 fully saturated rings. The molecule has 1 aliphatic rings. The second kappa shape index (κ2) is 6.11. The smallest absolute Gasteiger partial charge is 0.342 e. The second-order valence-corrected chi connectivity index (χ2v) is 6.02. The predicted octanol–water partition coefficient (Wildman–Crippen LogP) is 3.68. The van der Waals surface area contributed by atoms with Crippen molar-refractivity contribution >= 4 is 17.3 Å². The first-order valence-corrected chi connectivity index (χ1v) is 7.17. The molecule has 0 aromatic heterocycles. The van der Waals surface area contributed by atoms with E-state index in [0.717, 1.165) is 19.4 Å². The predicted molar refractivity (Wildman–Crippen MR) is 79.7 cm³/mol. The molecule has 0 bridgehead atoms. The van der Waals surface area contributed by atoms with E-state index in [9.17, 15) is 14.9 Å². The van der Waals surface area contributed by atoms with Crippen LogP contribution in [-0.4, -0.2) is 22.5 Å². The Bertz CT molecular complexity index is 551. The zero-order valence-electron chi connectivity index (χ0n) is 12.1. The van der Waals surface area contributed by atoms with E-state index in [1.807, 2.05) is 0 Å². The first-order valence-electron chi connectivity index (χ1n) is 7.17. The Morgan fingerprint density at radius 2 is 2.05 bits per heavy atom. The quantitative estimate of drug-likeness (QED) is 0.638. The number of nitro benzene ring substituents is 1. The van der Waals surface area contributed by atoms with Crippen LogP contribution in [0.25, 0.3) is 0 Å². The van der Waals surface area contributed by atoms with Crippen molar-refractivity contribution in [2.45, 2.75) is 39.0 Å². The molecule has 0 amide bonds. The summed E-state index contributed by atoms with van der Waals surface area (Å²) in [5.41, 5.74) is 0.171. The number of nitrogens with one attached hydrogen (secondary N) is 1. The van der Waals surface area contributed by atoms with Crippen molar-refractivity contribution in [2.24, 2.45) is 5.41 Å². The van der Waals surface area contributed by atoms with Crippen LogP contribution in [-0.2, 0) is 0 Å². The highest BCUT2D eigenvalue weighted by atomic mass is 16.6. The maximum Gasteiger partial charge on any atom is 0.342 e. The fraction of sp³-hybridized carbons (Fsp3) is 0.533. The zero-order valence-corrected chi connectivity index (χ0v) is 12.1. The van der Waals surface area contributed by atoms with Gasteiger partial charge in [-0.05, 0) is 30.4 Å². The summed E-state index contributed by atoms with van der Waals surface area (Å²) in [5, 5.41) is 23.1. The SMILES string of the molecule is CC1(CNc2ccc([N+](=O)[O-])c(C(=O)O)c2)CCCCC1. The van der Waals surface area contributed by atoms with Crippen molar-refractivity contribution in [3.8, 4) is 0 Å². The van der Waals surface area contributed by atoms with E-state index in [0.29, 0.717) is 5.69 Å². The molecule has 0 spiro atoms. The molecule has 2 N–H and O–H groups in total.